The highest BCUT2D eigenvalue weighted by atomic mass is 16.5. The third kappa shape index (κ3) is 3.39. The zero-order chi connectivity index (χ0) is 17.9. The number of hydrogen-bond acceptors (Lipinski definition) is 5. The van der Waals surface area contributed by atoms with Crippen LogP contribution in [0.1, 0.15) is 29.6 Å². The number of carbonyl (C=O) groups is 2. The summed E-state index contributed by atoms with van der Waals surface area (Å²) in [5, 5.41) is 0. The second-order valence-corrected chi connectivity index (χ2v) is 6.78. The Morgan fingerprint density at radius 1 is 1.08 bits per heavy atom. The third-order valence-corrected chi connectivity index (χ3v) is 5.07. The Labute approximate surface area is 152 Å². The van der Waals surface area contributed by atoms with Crippen molar-refractivity contribution in [1.29, 1.82) is 0 Å². The molecule has 2 aromatic rings. The van der Waals surface area contributed by atoms with Gasteiger partial charge in [0.15, 0.2) is 0 Å². The number of ether oxygens (including phenoxy) is 1. The van der Waals surface area contributed by atoms with E-state index in [1.54, 1.807) is 35.5 Å². The van der Waals surface area contributed by atoms with Crippen LogP contribution in [-0.2, 0) is 9.53 Å². The second kappa shape index (κ2) is 7.37. The van der Waals surface area contributed by atoms with Gasteiger partial charge in [0.1, 0.15) is 0 Å². The van der Waals surface area contributed by atoms with Gasteiger partial charge in [0.25, 0.3) is 5.91 Å². The number of nitrogens with zero attached hydrogens (tertiary/aromatic N) is 4. The summed E-state index contributed by atoms with van der Waals surface area (Å²) >= 11 is 0. The zero-order valence-electron chi connectivity index (χ0n) is 14.6. The van der Waals surface area contributed by atoms with Crippen LogP contribution in [0.3, 0.4) is 0 Å². The van der Waals surface area contributed by atoms with Gasteiger partial charge < -0.3 is 14.5 Å². The van der Waals surface area contributed by atoms with Gasteiger partial charge in [0, 0.05) is 44.0 Å². The first-order chi connectivity index (χ1) is 12.7. The number of amides is 2. The van der Waals surface area contributed by atoms with E-state index in [4.69, 9.17) is 4.74 Å². The van der Waals surface area contributed by atoms with Gasteiger partial charge in [-0.3, -0.25) is 19.6 Å². The van der Waals surface area contributed by atoms with Crippen molar-refractivity contribution in [3.8, 4) is 0 Å². The van der Waals surface area contributed by atoms with Crippen molar-refractivity contribution >= 4 is 22.8 Å². The van der Waals surface area contributed by atoms with Crippen molar-refractivity contribution in [1.82, 2.24) is 19.8 Å². The summed E-state index contributed by atoms with van der Waals surface area (Å²) in [5.74, 6) is 0.0280. The van der Waals surface area contributed by atoms with E-state index < -0.39 is 0 Å². The molecule has 2 aliphatic heterocycles. The molecule has 0 bridgehead atoms. The predicted molar refractivity (Wildman–Crippen MR) is 95.6 cm³/mol. The predicted octanol–water partition coefficient (Wildman–Crippen LogP) is 1.48. The first kappa shape index (κ1) is 16.9. The highest BCUT2D eigenvalue weighted by Crippen LogP contribution is 2.19. The lowest BCUT2D eigenvalue weighted by molar-refractivity contribution is -0.132. The summed E-state index contributed by atoms with van der Waals surface area (Å²) in [7, 11) is 0. The smallest absolute Gasteiger partial charge is 0.254 e. The summed E-state index contributed by atoms with van der Waals surface area (Å²) < 4.78 is 5.55. The number of hydrogen-bond donors (Lipinski definition) is 0. The van der Waals surface area contributed by atoms with Crippen LogP contribution in [0.2, 0.25) is 0 Å². The number of rotatable bonds is 3. The number of carbonyl (C=O) groups excluding carboxylic acids is 2. The van der Waals surface area contributed by atoms with Gasteiger partial charge in [0.05, 0.1) is 30.3 Å². The third-order valence-electron chi connectivity index (χ3n) is 5.07. The SMILES string of the molecule is O=C(CC1COCCN1C(=O)c1ccc2nccnc2c1)N1CCCC1. The molecule has 0 aliphatic carbocycles. The molecule has 2 amide bonds. The summed E-state index contributed by atoms with van der Waals surface area (Å²) in [6.45, 7) is 3.04. The quantitative estimate of drug-likeness (QED) is 0.835. The van der Waals surface area contributed by atoms with E-state index in [0.717, 1.165) is 31.4 Å². The Morgan fingerprint density at radius 2 is 1.85 bits per heavy atom. The van der Waals surface area contributed by atoms with Crippen LogP contribution < -0.4 is 0 Å². The molecule has 4 rings (SSSR count). The van der Waals surface area contributed by atoms with Crippen LogP contribution in [0.25, 0.3) is 11.0 Å². The molecule has 136 valence electrons. The molecule has 3 heterocycles. The fourth-order valence-corrected chi connectivity index (χ4v) is 3.65. The summed E-state index contributed by atoms with van der Waals surface area (Å²) in [5.41, 5.74) is 2.02. The molecule has 1 atom stereocenters. The van der Waals surface area contributed by atoms with Crippen LogP contribution in [0.5, 0.6) is 0 Å². The lowest BCUT2D eigenvalue weighted by Gasteiger charge is -2.36. The molecule has 2 aliphatic rings. The fourth-order valence-electron chi connectivity index (χ4n) is 3.65. The molecule has 1 aromatic heterocycles. The average molecular weight is 354 g/mol. The van der Waals surface area contributed by atoms with Crippen molar-refractivity contribution in [2.75, 3.05) is 32.8 Å². The Morgan fingerprint density at radius 3 is 2.65 bits per heavy atom. The van der Waals surface area contributed by atoms with E-state index in [1.165, 1.54) is 0 Å². The Hall–Kier alpha value is -2.54. The normalized spacial score (nSPS) is 20.5. The molecular weight excluding hydrogens is 332 g/mol. The maximum Gasteiger partial charge on any atom is 0.254 e. The maximum atomic E-state index is 13.1. The van der Waals surface area contributed by atoms with Crippen LogP contribution >= 0.6 is 0 Å². The van der Waals surface area contributed by atoms with Gasteiger partial charge in [0.2, 0.25) is 5.91 Å². The first-order valence-electron chi connectivity index (χ1n) is 9.09. The van der Waals surface area contributed by atoms with Crippen LogP contribution in [-0.4, -0.2) is 70.5 Å². The maximum absolute atomic E-state index is 13.1. The topological polar surface area (TPSA) is 75.6 Å². The molecule has 26 heavy (non-hydrogen) atoms. The molecule has 7 nitrogen and oxygen atoms in total. The van der Waals surface area contributed by atoms with Gasteiger partial charge in [-0.1, -0.05) is 0 Å². The van der Waals surface area contributed by atoms with E-state index >= 15 is 0 Å². The highest BCUT2D eigenvalue weighted by Gasteiger charge is 2.31. The van der Waals surface area contributed by atoms with E-state index in [-0.39, 0.29) is 17.9 Å². The summed E-state index contributed by atoms with van der Waals surface area (Å²) in [6.07, 6.45) is 5.69. The van der Waals surface area contributed by atoms with Crippen molar-refractivity contribution in [2.45, 2.75) is 25.3 Å². The van der Waals surface area contributed by atoms with Gasteiger partial charge in [-0.05, 0) is 31.0 Å². The van der Waals surface area contributed by atoms with Crippen molar-refractivity contribution in [2.24, 2.45) is 0 Å². The molecule has 0 radical (unpaired) electrons. The molecule has 0 saturated carbocycles. The second-order valence-electron chi connectivity index (χ2n) is 6.78. The minimum atomic E-state index is -0.220. The Kier molecular flexibility index (Phi) is 4.79. The minimum Gasteiger partial charge on any atom is -0.377 e. The summed E-state index contributed by atoms with van der Waals surface area (Å²) in [4.78, 5) is 37.7. The molecule has 2 fully saturated rings. The molecule has 0 N–H and O–H groups in total. The number of benzene rings is 1. The largest absolute Gasteiger partial charge is 0.377 e. The van der Waals surface area contributed by atoms with E-state index in [9.17, 15) is 9.59 Å². The molecular formula is C19H22N4O3. The molecule has 1 unspecified atom stereocenters. The zero-order valence-corrected chi connectivity index (χ0v) is 14.6. The number of fused-ring (bicyclic) bond motifs is 1. The van der Waals surface area contributed by atoms with Crippen LogP contribution in [0, 0.1) is 0 Å². The Balaban J connectivity index is 1.52. The fraction of sp³-hybridized carbons (Fsp3) is 0.474. The first-order valence-corrected chi connectivity index (χ1v) is 9.09. The van der Waals surface area contributed by atoms with E-state index in [1.807, 2.05) is 4.90 Å². The number of aromatic nitrogens is 2. The van der Waals surface area contributed by atoms with E-state index in [0.29, 0.717) is 37.3 Å². The molecule has 2 saturated heterocycles. The lowest BCUT2D eigenvalue weighted by atomic mass is 10.1. The minimum absolute atomic E-state index is 0.0833. The van der Waals surface area contributed by atoms with Crippen molar-refractivity contribution in [3.63, 3.8) is 0 Å². The number of morpholine rings is 1. The molecule has 7 heteroatoms. The lowest BCUT2D eigenvalue weighted by Crippen LogP contribution is -2.50. The van der Waals surface area contributed by atoms with Gasteiger partial charge >= 0.3 is 0 Å². The standard InChI is InChI=1S/C19H22N4O3/c24-18(22-7-1-2-8-22)12-15-13-26-10-9-23(15)19(25)14-3-4-16-17(11-14)21-6-5-20-16/h3-6,11,15H,1-2,7-10,12-13H2. The van der Waals surface area contributed by atoms with Crippen molar-refractivity contribution < 1.29 is 14.3 Å². The summed E-state index contributed by atoms with van der Waals surface area (Å²) in [6, 6.07) is 5.12. The Bertz CT molecular complexity index is 819. The van der Waals surface area contributed by atoms with Gasteiger partial charge in [-0.2, -0.15) is 0 Å². The van der Waals surface area contributed by atoms with Crippen LogP contribution in [0.15, 0.2) is 30.6 Å². The monoisotopic (exact) mass is 354 g/mol. The highest BCUT2D eigenvalue weighted by molar-refractivity contribution is 5.97. The van der Waals surface area contributed by atoms with Crippen LogP contribution in [0.4, 0.5) is 0 Å². The molecule has 1 aromatic carbocycles. The van der Waals surface area contributed by atoms with Gasteiger partial charge in [-0.25, -0.2) is 0 Å². The van der Waals surface area contributed by atoms with Gasteiger partial charge in [-0.15, -0.1) is 0 Å². The average Bonchev–Trinajstić information content (AvgIpc) is 3.22. The number of likely N-dealkylation sites (tertiary alicyclic amines) is 1. The molecule has 0 spiro atoms. The van der Waals surface area contributed by atoms with Crippen molar-refractivity contribution in [3.05, 3.63) is 36.2 Å². The van der Waals surface area contributed by atoms with E-state index in [2.05, 4.69) is 9.97 Å².